The van der Waals surface area contributed by atoms with Crippen LogP contribution in [-0.4, -0.2) is 44.4 Å². The van der Waals surface area contributed by atoms with Gasteiger partial charge >= 0.3 is 6.18 Å². The molecule has 0 atom stereocenters. The first-order chi connectivity index (χ1) is 9.47. The normalized spacial score (nSPS) is 17.2. The molecule has 0 aliphatic carbocycles. The lowest BCUT2D eigenvalue weighted by molar-refractivity contribution is -0.138. The van der Waals surface area contributed by atoms with Crippen molar-refractivity contribution >= 4 is 0 Å². The Morgan fingerprint density at radius 2 is 1.95 bits per heavy atom. The number of morpholine rings is 1. The summed E-state index contributed by atoms with van der Waals surface area (Å²) >= 11 is 0. The minimum atomic E-state index is -4.31. The summed E-state index contributed by atoms with van der Waals surface area (Å²) in [5.74, 6) is 0.476. The van der Waals surface area contributed by atoms with Gasteiger partial charge in [-0.05, 0) is 30.7 Å². The number of alkyl halides is 3. The van der Waals surface area contributed by atoms with Crippen molar-refractivity contribution in [3.05, 3.63) is 29.3 Å². The molecule has 0 N–H and O–H groups in total. The van der Waals surface area contributed by atoms with Crippen LogP contribution in [0.3, 0.4) is 0 Å². The highest BCUT2D eigenvalue weighted by atomic mass is 19.4. The van der Waals surface area contributed by atoms with Gasteiger partial charge in [-0.1, -0.05) is 0 Å². The Hall–Kier alpha value is -1.27. The van der Waals surface area contributed by atoms with Crippen molar-refractivity contribution in [1.29, 1.82) is 0 Å². The Morgan fingerprint density at radius 1 is 1.25 bits per heavy atom. The molecular weight excluding hydrogens is 271 g/mol. The minimum Gasteiger partial charge on any atom is -0.492 e. The van der Waals surface area contributed by atoms with Crippen molar-refractivity contribution in [3.8, 4) is 5.75 Å². The first kappa shape index (κ1) is 15.1. The molecule has 2 rings (SSSR count). The third-order valence-electron chi connectivity index (χ3n) is 3.28. The van der Waals surface area contributed by atoms with Gasteiger partial charge in [-0.3, -0.25) is 4.90 Å². The highest BCUT2D eigenvalue weighted by Gasteiger charge is 2.32. The molecule has 6 heteroatoms. The van der Waals surface area contributed by atoms with Crippen LogP contribution in [0.4, 0.5) is 13.2 Å². The van der Waals surface area contributed by atoms with Crippen molar-refractivity contribution in [2.45, 2.75) is 13.1 Å². The maximum atomic E-state index is 12.6. The van der Waals surface area contributed by atoms with E-state index in [4.69, 9.17) is 9.47 Å². The molecule has 1 heterocycles. The summed E-state index contributed by atoms with van der Waals surface area (Å²) < 4.78 is 48.6. The van der Waals surface area contributed by atoms with E-state index in [2.05, 4.69) is 4.90 Å². The quantitative estimate of drug-likeness (QED) is 0.850. The zero-order chi connectivity index (χ0) is 14.6. The zero-order valence-electron chi connectivity index (χ0n) is 11.4. The number of nitrogens with zero attached hydrogens (tertiary/aromatic N) is 1. The summed E-state index contributed by atoms with van der Waals surface area (Å²) in [4.78, 5) is 2.21. The Labute approximate surface area is 116 Å². The van der Waals surface area contributed by atoms with E-state index in [1.165, 1.54) is 19.1 Å². The smallest absolute Gasteiger partial charge is 0.416 e. The van der Waals surface area contributed by atoms with Gasteiger partial charge in [0.05, 0.1) is 18.8 Å². The lowest BCUT2D eigenvalue weighted by Crippen LogP contribution is -2.38. The Morgan fingerprint density at radius 3 is 2.55 bits per heavy atom. The fourth-order valence-corrected chi connectivity index (χ4v) is 2.16. The van der Waals surface area contributed by atoms with Gasteiger partial charge in [0.25, 0.3) is 0 Å². The molecule has 0 radical (unpaired) electrons. The topological polar surface area (TPSA) is 21.7 Å². The van der Waals surface area contributed by atoms with Crippen LogP contribution in [0.5, 0.6) is 5.75 Å². The fourth-order valence-electron chi connectivity index (χ4n) is 2.16. The minimum absolute atomic E-state index is 0.182. The lowest BCUT2D eigenvalue weighted by Gasteiger charge is -2.26. The number of hydrogen-bond donors (Lipinski definition) is 0. The summed E-state index contributed by atoms with van der Waals surface area (Å²) in [6.45, 7) is 5.84. The van der Waals surface area contributed by atoms with E-state index in [1.807, 2.05) is 0 Å². The van der Waals surface area contributed by atoms with Crippen LogP contribution in [0.1, 0.15) is 11.1 Å². The van der Waals surface area contributed by atoms with Crippen molar-refractivity contribution in [2.75, 3.05) is 39.5 Å². The predicted octanol–water partition coefficient (Wildman–Crippen LogP) is 2.72. The number of benzene rings is 1. The first-order valence-corrected chi connectivity index (χ1v) is 6.57. The van der Waals surface area contributed by atoms with Crippen LogP contribution in [0.15, 0.2) is 18.2 Å². The van der Waals surface area contributed by atoms with Crippen LogP contribution >= 0.6 is 0 Å². The molecule has 112 valence electrons. The summed E-state index contributed by atoms with van der Waals surface area (Å²) in [5.41, 5.74) is -0.431. The summed E-state index contributed by atoms with van der Waals surface area (Å²) in [6, 6.07) is 3.87. The second-order valence-electron chi connectivity index (χ2n) is 4.78. The second-order valence-corrected chi connectivity index (χ2v) is 4.78. The first-order valence-electron chi connectivity index (χ1n) is 6.57. The molecular formula is C14H18F3NO2. The van der Waals surface area contributed by atoms with Crippen molar-refractivity contribution in [1.82, 2.24) is 4.90 Å². The third-order valence-corrected chi connectivity index (χ3v) is 3.28. The molecule has 20 heavy (non-hydrogen) atoms. The molecule has 1 aromatic rings. The van der Waals surface area contributed by atoms with Gasteiger partial charge in [-0.15, -0.1) is 0 Å². The largest absolute Gasteiger partial charge is 0.492 e. The maximum Gasteiger partial charge on any atom is 0.416 e. The number of halogens is 3. The van der Waals surface area contributed by atoms with Crippen LogP contribution in [0.2, 0.25) is 0 Å². The van der Waals surface area contributed by atoms with Crippen LogP contribution in [0, 0.1) is 6.92 Å². The third kappa shape index (κ3) is 4.11. The Balaban J connectivity index is 1.85. The van der Waals surface area contributed by atoms with Gasteiger partial charge < -0.3 is 9.47 Å². The molecule has 3 nitrogen and oxygen atoms in total. The SMILES string of the molecule is Cc1cc(OCCN2CCOCC2)ccc1C(F)(F)F. The van der Waals surface area contributed by atoms with Crippen LogP contribution in [0.25, 0.3) is 0 Å². The molecule has 0 spiro atoms. The van der Waals surface area contributed by atoms with E-state index < -0.39 is 11.7 Å². The van der Waals surface area contributed by atoms with Crippen molar-refractivity contribution in [3.63, 3.8) is 0 Å². The molecule has 1 aliphatic rings. The van der Waals surface area contributed by atoms with E-state index in [-0.39, 0.29) is 5.56 Å². The molecule has 0 aromatic heterocycles. The van der Waals surface area contributed by atoms with E-state index >= 15 is 0 Å². The van der Waals surface area contributed by atoms with Crippen LogP contribution in [-0.2, 0) is 10.9 Å². The monoisotopic (exact) mass is 289 g/mol. The zero-order valence-corrected chi connectivity index (χ0v) is 11.4. The van der Waals surface area contributed by atoms with Gasteiger partial charge in [0.15, 0.2) is 0 Å². The molecule has 1 aliphatic heterocycles. The summed E-state index contributed by atoms with van der Waals surface area (Å²) in [5, 5.41) is 0. The second kappa shape index (κ2) is 6.45. The number of aryl methyl sites for hydroxylation is 1. The van der Waals surface area contributed by atoms with Gasteiger partial charge in [0, 0.05) is 19.6 Å². The number of ether oxygens (including phenoxy) is 2. The van der Waals surface area contributed by atoms with E-state index in [0.717, 1.165) is 38.9 Å². The highest BCUT2D eigenvalue weighted by molar-refractivity contribution is 5.36. The van der Waals surface area contributed by atoms with Gasteiger partial charge in [0.1, 0.15) is 12.4 Å². The molecule has 0 unspecified atom stereocenters. The maximum absolute atomic E-state index is 12.6. The number of rotatable bonds is 4. The van der Waals surface area contributed by atoms with Crippen LogP contribution < -0.4 is 4.74 Å². The standard InChI is InChI=1S/C14H18F3NO2/c1-11-10-12(2-3-13(11)14(15,16)17)20-9-6-18-4-7-19-8-5-18/h2-3,10H,4-9H2,1H3. The van der Waals surface area contributed by atoms with Crippen molar-refractivity contribution < 1.29 is 22.6 Å². The number of hydrogen-bond acceptors (Lipinski definition) is 3. The molecule has 0 bridgehead atoms. The predicted molar refractivity (Wildman–Crippen MR) is 68.9 cm³/mol. The van der Waals surface area contributed by atoms with E-state index in [9.17, 15) is 13.2 Å². The summed E-state index contributed by atoms with van der Waals surface area (Å²) in [6.07, 6.45) is -4.31. The molecule has 1 fully saturated rings. The van der Waals surface area contributed by atoms with Gasteiger partial charge in [-0.25, -0.2) is 0 Å². The molecule has 1 aromatic carbocycles. The average molecular weight is 289 g/mol. The van der Waals surface area contributed by atoms with Gasteiger partial charge in [-0.2, -0.15) is 13.2 Å². The molecule has 0 amide bonds. The van der Waals surface area contributed by atoms with E-state index in [1.54, 1.807) is 0 Å². The molecule has 1 saturated heterocycles. The molecule has 0 saturated carbocycles. The van der Waals surface area contributed by atoms with Crippen molar-refractivity contribution in [2.24, 2.45) is 0 Å². The van der Waals surface area contributed by atoms with Gasteiger partial charge in [0.2, 0.25) is 0 Å². The highest BCUT2D eigenvalue weighted by Crippen LogP contribution is 2.33. The fraction of sp³-hybridized carbons (Fsp3) is 0.571. The van der Waals surface area contributed by atoms with E-state index in [0.29, 0.717) is 12.4 Å². The Bertz CT molecular complexity index is 443. The Kier molecular flexibility index (Phi) is 4.88. The average Bonchev–Trinajstić information content (AvgIpc) is 2.38. The lowest BCUT2D eigenvalue weighted by atomic mass is 10.1. The summed E-state index contributed by atoms with van der Waals surface area (Å²) in [7, 11) is 0.